The molecular weight excluding hydrogens is 272 g/mol. The van der Waals surface area contributed by atoms with Crippen LogP contribution in [0.15, 0.2) is 84.9 Å². The van der Waals surface area contributed by atoms with Crippen molar-refractivity contribution in [3.63, 3.8) is 0 Å². The summed E-state index contributed by atoms with van der Waals surface area (Å²) in [6, 6.07) is 26.5. The Labute approximate surface area is 130 Å². The van der Waals surface area contributed by atoms with Crippen LogP contribution in [0.25, 0.3) is 0 Å². The SMILES string of the molecule is OC(c1ccccc1)c1ccc(C(O)c2ccccc2)cc1. The summed E-state index contributed by atoms with van der Waals surface area (Å²) >= 11 is 0. The Balaban J connectivity index is 1.81. The normalized spacial score (nSPS) is 13.5. The summed E-state index contributed by atoms with van der Waals surface area (Å²) in [6.07, 6.45) is -1.30. The Hall–Kier alpha value is -2.42. The van der Waals surface area contributed by atoms with Gasteiger partial charge in [-0.3, -0.25) is 0 Å². The fraction of sp³-hybridized carbons (Fsp3) is 0.100. The van der Waals surface area contributed by atoms with Crippen LogP contribution in [0.1, 0.15) is 34.5 Å². The highest BCUT2D eigenvalue weighted by Gasteiger charge is 2.13. The molecule has 0 heterocycles. The number of aliphatic hydroxyl groups excluding tert-OH is 2. The van der Waals surface area contributed by atoms with Gasteiger partial charge in [-0.2, -0.15) is 0 Å². The maximum absolute atomic E-state index is 10.4. The van der Waals surface area contributed by atoms with Gasteiger partial charge in [0.05, 0.1) is 0 Å². The van der Waals surface area contributed by atoms with Crippen LogP contribution < -0.4 is 0 Å². The van der Waals surface area contributed by atoms with Crippen molar-refractivity contribution < 1.29 is 10.2 Å². The summed E-state index contributed by atoms with van der Waals surface area (Å²) in [6.45, 7) is 0. The molecule has 0 aliphatic carbocycles. The van der Waals surface area contributed by atoms with Gasteiger partial charge in [0.15, 0.2) is 0 Å². The summed E-state index contributed by atoms with van der Waals surface area (Å²) in [5.41, 5.74) is 3.35. The minimum absolute atomic E-state index is 0.649. The second-order valence-corrected chi connectivity index (χ2v) is 5.29. The fourth-order valence-electron chi connectivity index (χ4n) is 2.52. The zero-order valence-corrected chi connectivity index (χ0v) is 12.1. The molecule has 3 aromatic carbocycles. The number of hydrogen-bond acceptors (Lipinski definition) is 2. The first-order valence-corrected chi connectivity index (χ1v) is 7.31. The van der Waals surface area contributed by atoms with Crippen molar-refractivity contribution in [2.24, 2.45) is 0 Å². The lowest BCUT2D eigenvalue weighted by Gasteiger charge is -2.15. The van der Waals surface area contributed by atoms with E-state index in [1.807, 2.05) is 84.9 Å². The minimum Gasteiger partial charge on any atom is -0.384 e. The quantitative estimate of drug-likeness (QED) is 0.766. The first-order chi connectivity index (χ1) is 10.8. The topological polar surface area (TPSA) is 40.5 Å². The van der Waals surface area contributed by atoms with Gasteiger partial charge in [0.25, 0.3) is 0 Å². The predicted molar refractivity (Wildman–Crippen MR) is 87.4 cm³/mol. The molecule has 0 radical (unpaired) electrons. The van der Waals surface area contributed by atoms with Crippen LogP contribution in [0, 0.1) is 0 Å². The number of hydrogen-bond donors (Lipinski definition) is 2. The van der Waals surface area contributed by atoms with Gasteiger partial charge in [-0.05, 0) is 22.3 Å². The number of rotatable bonds is 4. The smallest absolute Gasteiger partial charge is 0.104 e. The highest BCUT2D eigenvalue weighted by Crippen LogP contribution is 2.26. The molecule has 0 bridgehead atoms. The Kier molecular flexibility index (Phi) is 4.33. The van der Waals surface area contributed by atoms with Crippen molar-refractivity contribution in [3.05, 3.63) is 107 Å². The van der Waals surface area contributed by atoms with E-state index in [0.717, 1.165) is 22.3 Å². The van der Waals surface area contributed by atoms with Crippen LogP contribution in [0.3, 0.4) is 0 Å². The predicted octanol–water partition coefficient (Wildman–Crippen LogP) is 3.85. The van der Waals surface area contributed by atoms with Gasteiger partial charge in [0, 0.05) is 0 Å². The molecule has 2 nitrogen and oxygen atoms in total. The van der Waals surface area contributed by atoms with Crippen molar-refractivity contribution >= 4 is 0 Å². The highest BCUT2D eigenvalue weighted by atomic mass is 16.3. The lowest BCUT2D eigenvalue weighted by molar-refractivity contribution is 0.216. The first-order valence-electron chi connectivity index (χ1n) is 7.31. The van der Waals surface area contributed by atoms with Crippen LogP contribution in [0.5, 0.6) is 0 Å². The second-order valence-electron chi connectivity index (χ2n) is 5.29. The Morgan fingerprint density at radius 1 is 0.409 bits per heavy atom. The largest absolute Gasteiger partial charge is 0.384 e. The average Bonchev–Trinajstić information content (AvgIpc) is 2.62. The molecule has 0 aliphatic heterocycles. The zero-order chi connectivity index (χ0) is 15.4. The van der Waals surface area contributed by atoms with Gasteiger partial charge in [-0.15, -0.1) is 0 Å². The maximum Gasteiger partial charge on any atom is 0.104 e. The Morgan fingerprint density at radius 3 is 1.00 bits per heavy atom. The monoisotopic (exact) mass is 290 g/mol. The summed E-state index contributed by atoms with van der Waals surface area (Å²) in [7, 11) is 0. The molecule has 0 saturated heterocycles. The summed E-state index contributed by atoms with van der Waals surface area (Å²) in [5.74, 6) is 0. The molecule has 0 aliphatic rings. The zero-order valence-electron chi connectivity index (χ0n) is 12.1. The molecule has 0 aromatic heterocycles. The molecule has 22 heavy (non-hydrogen) atoms. The third kappa shape index (κ3) is 3.08. The van der Waals surface area contributed by atoms with Crippen molar-refractivity contribution in [1.29, 1.82) is 0 Å². The summed E-state index contributed by atoms with van der Waals surface area (Å²) < 4.78 is 0. The molecule has 0 fully saturated rings. The molecule has 0 saturated carbocycles. The van der Waals surface area contributed by atoms with Crippen LogP contribution in [-0.2, 0) is 0 Å². The minimum atomic E-state index is -0.649. The average molecular weight is 290 g/mol. The molecule has 2 N–H and O–H groups in total. The third-order valence-corrected chi connectivity index (χ3v) is 3.80. The van der Waals surface area contributed by atoms with E-state index in [0.29, 0.717) is 0 Å². The van der Waals surface area contributed by atoms with Gasteiger partial charge in [0.1, 0.15) is 12.2 Å². The summed E-state index contributed by atoms with van der Waals surface area (Å²) in [5, 5.41) is 20.8. The van der Waals surface area contributed by atoms with Crippen LogP contribution in [-0.4, -0.2) is 10.2 Å². The van der Waals surface area contributed by atoms with Gasteiger partial charge < -0.3 is 10.2 Å². The van der Waals surface area contributed by atoms with Gasteiger partial charge in [-0.25, -0.2) is 0 Å². The molecule has 2 unspecified atom stereocenters. The lowest BCUT2D eigenvalue weighted by atomic mass is 9.97. The highest BCUT2D eigenvalue weighted by molar-refractivity contribution is 5.35. The second kappa shape index (κ2) is 6.56. The fourth-order valence-corrected chi connectivity index (χ4v) is 2.52. The number of benzene rings is 3. The van der Waals surface area contributed by atoms with E-state index < -0.39 is 12.2 Å². The van der Waals surface area contributed by atoms with Crippen LogP contribution >= 0.6 is 0 Å². The van der Waals surface area contributed by atoms with Gasteiger partial charge in [0.2, 0.25) is 0 Å². The van der Waals surface area contributed by atoms with E-state index in [9.17, 15) is 10.2 Å². The third-order valence-electron chi connectivity index (χ3n) is 3.80. The molecule has 2 heteroatoms. The molecule has 2 atom stereocenters. The molecule has 0 amide bonds. The van der Waals surface area contributed by atoms with E-state index in [-0.39, 0.29) is 0 Å². The maximum atomic E-state index is 10.4. The van der Waals surface area contributed by atoms with Gasteiger partial charge in [-0.1, -0.05) is 84.9 Å². The molecular formula is C20H18O2. The lowest BCUT2D eigenvalue weighted by Crippen LogP contribution is -2.02. The summed E-state index contributed by atoms with van der Waals surface area (Å²) in [4.78, 5) is 0. The molecule has 3 aromatic rings. The van der Waals surface area contributed by atoms with Crippen molar-refractivity contribution in [2.75, 3.05) is 0 Å². The first kappa shape index (κ1) is 14.5. The number of aliphatic hydroxyl groups is 2. The van der Waals surface area contributed by atoms with Gasteiger partial charge >= 0.3 is 0 Å². The Bertz CT molecular complexity index is 641. The van der Waals surface area contributed by atoms with Crippen LogP contribution in [0.2, 0.25) is 0 Å². The molecule has 3 rings (SSSR count). The van der Waals surface area contributed by atoms with Crippen molar-refractivity contribution in [1.82, 2.24) is 0 Å². The van der Waals surface area contributed by atoms with Crippen molar-refractivity contribution in [2.45, 2.75) is 12.2 Å². The van der Waals surface area contributed by atoms with E-state index in [2.05, 4.69) is 0 Å². The standard InChI is InChI=1S/C20H18O2/c21-19(15-7-3-1-4-8-15)17-11-13-18(14-12-17)20(22)16-9-5-2-6-10-16/h1-14,19-22H. The van der Waals surface area contributed by atoms with Crippen LogP contribution in [0.4, 0.5) is 0 Å². The van der Waals surface area contributed by atoms with E-state index >= 15 is 0 Å². The van der Waals surface area contributed by atoms with Crippen molar-refractivity contribution in [3.8, 4) is 0 Å². The van der Waals surface area contributed by atoms with E-state index in [1.54, 1.807) is 0 Å². The van der Waals surface area contributed by atoms with E-state index in [1.165, 1.54) is 0 Å². The van der Waals surface area contributed by atoms with E-state index in [4.69, 9.17) is 0 Å². The molecule has 110 valence electrons. The molecule has 0 spiro atoms. The Morgan fingerprint density at radius 2 is 0.682 bits per heavy atom.